The topological polar surface area (TPSA) is 33.1 Å². The van der Waals surface area contributed by atoms with Crippen LogP contribution in [0.1, 0.15) is 29.0 Å². The Morgan fingerprint density at radius 3 is 2.48 bits per heavy atom. The van der Waals surface area contributed by atoms with Crippen LogP contribution in [0.3, 0.4) is 0 Å². The molecule has 31 heavy (non-hydrogen) atoms. The summed E-state index contributed by atoms with van der Waals surface area (Å²) in [6, 6.07) is 25.0. The fraction of sp³-hybridized carbons (Fsp3) is 0.120. The zero-order valence-electron chi connectivity index (χ0n) is 16.9. The number of aryl methyl sites for hydroxylation is 1. The Labute approximate surface area is 186 Å². The fourth-order valence-electron chi connectivity index (χ4n) is 4.17. The number of nitrogens with one attached hydrogen (secondary N) is 1. The van der Waals surface area contributed by atoms with Gasteiger partial charge in [-0.3, -0.25) is 4.98 Å². The molecule has 5 rings (SSSR count). The maximum absolute atomic E-state index is 14.0. The van der Waals surface area contributed by atoms with Crippen molar-refractivity contribution in [2.75, 3.05) is 4.90 Å². The molecule has 6 heteroatoms. The van der Waals surface area contributed by atoms with Gasteiger partial charge in [-0.2, -0.15) is 0 Å². The number of rotatable bonds is 4. The van der Waals surface area contributed by atoms with E-state index in [4.69, 9.17) is 12.2 Å². The largest absolute Gasteiger partial charge is 0.351 e. The second-order valence-electron chi connectivity index (χ2n) is 7.57. The van der Waals surface area contributed by atoms with Gasteiger partial charge in [0.15, 0.2) is 5.11 Å². The van der Waals surface area contributed by atoms with Gasteiger partial charge >= 0.3 is 0 Å². The molecule has 1 aliphatic heterocycles. The Hall–Kier alpha value is -3.51. The summed E-state index contributed by atoms with van der Waals surface area (Å²) in [6.45, 7) is 1.77. The molecule has 2 unspecified atom stereocenters. The fourth-order valence-corrected chi connectivity index (χ4v) is 4.52. The molecule has 2 aromatic heterocycles. The van der Waals surface area contributed by atoms with E-state index in [1.165, 1.54) is 6.07 Å². The molecule has 154 valence electrons. The minimum Gasteiger partial charge on any atom is -0.351 e. The summed E-state index contributed by atoms with van der Waals surface area (Å²) >= 11 is 5.77. The van der Waals surface area contributed by atoms with Gasteiger partial charge in [0.25, 0.3) is 0 Å². The third kappa shape index (κ3) is 3.49. The van der Waals surface area contributed by atoms with E-state index in [0.717, 1.165) is 22.8 Å². The number of nitrogens with zero attached hydrogens (tertiary/aromatic N) is 3. The first-order valence-corrected chi connectivity index (χ1v) is 10.5. The van der Waals surface area contributed by atoms with Crippen LogP contribution < -0.4 is 10.2 Å². The SMILES string of the molecule is Cc1cc(N2C(=S)NC(c3ccccn3)C2c2cccn2-c2ccccc2)ccc1F. The molecule has 0 spiro atoms. The number of thiocarbonyl (C=S) groups is 1. The second kappa shape index (κ2) is 7.96. The average molecular weight is 429 g/mol. The lowest BCUT2D eigenvalue weighted by molar-refractivity contribution is 0.549. The molecule has 3 heterocycles. The predicted octanol–water partition coefficient (Wildman–Crippen LogP) is 5.50. The van der Waals surface area contributed by atoms with Crippen LogP contribution in [-0.2, 0) is 0 Å². The lowest BCUT2D eigenvalue weighted by atomic mass is 10.0. The first-order valence-electron chi connectivity index (χ1n) is 10.1. The van der Waals surface area contributed by atoms with Crippen molar-refractivity contribution in [3.63, 3.8) is 0 Å². The molecule has 2 atom stereocenters. The van der Waals surface area contributed by atoms with Crippen LogP contribution in [0.5, 0.6) is 0 Å². The Balaban J connectivity index is 1.68. The van der Waals surface area contributed by atoms with Gasteiger partial charge < -0.3 is 14.8 Å². The smallest absolute Gasteiger partial charge is 0.174 e. The van der Waals surface area contributed by atoms with E-state index in [9.17, 15) is 4.39 Å². The number of hydrogen-bond donors (Lipinski definition) is 1. The summed E-state index contributed by atoms with van der Waals surface area (Å²) in [5, 5.41) is 4.05. The van der Waals surface area contributed by atoms with E-state index >= 15 is 0 Å². The van der Waals surface area contributed by atoms with Crippen molar-refractivity contribution >= 4 is 23.0 Å². The monoisotopic (exact) mass is 428 g/mol. The van der Waals surface area contributed by atoms with Crippen molar-refractivity contribution in [3.8, 4) is 5.69 Å². The van der Waals surface area contributed by atoms with E-state index in [2.05, 4.69) is 44.2 Å². The van der Waals surface area contributed by atoms with Crippen LogP contribution in [-0.4, -0.2) is 14.7 Å². The minimum absolute atomic E-state index is 0.156. The molecular formula is C25H21FN4S. The Morgan fingerprint density at radius 2 is 1.74 bits per heavy atom. The molecule has 0 saturated carbocycles. The Bertz CT molecular complexity index is 1220. The Kier molecular flexibility index (Phi) is 5.00. The second-order valence-corrected chi connectivity index (χ2v) is 7.96. The lowest BCUT2D eigenvalue weighted by Crippen LogP contribution is -2.30. The number of benzene rings is 2. The molecular weight excluding hydrogens is 407 g/mol. The van der Waals surface area contributed by atoms with E-state index in [0.29, 0.717) is 10.7 Å². The number of pyridine rings is 1. The maximum Gasteiger partial charge on any atom is 0.174 e. The molecule has 1 N–H and O–H groups in total. The van der Waals surface area contributed by atoms with Crippen LogP contribution in [0.2, 0.25) is 0 Å². The highest BCUT2D eigenvalue weighted by molar-refractivity contribution is 7.80. The van der Waals surface area contributed by atoms with Crippen molar-refractivity contribution in [2.24, 2.45) is 0 Å². The molecule has 0 aliphatic carbocycles. The molecule has 1 saturated heterocycles. The van der Waals surface area contributed by atoms with Crippen LogP contribution >= 0.6 is 12.2 Å². The average Bonchev–Trinajstić information content (AvgIpc) is 3.41. The van der Waals surface area contributed by atoms with E-state index in [1.54, 1.807) is 19.2 Å². The van der Waals surface area contributed by atoms with Gasteiger partial charge in [-0.25, -0.2) is 4.39 Å². The molecule has 1 fully saturated rings. The van der Waals surface area contributed by atoms with Crippen molar-refractivity contribution < 1.29 is 4.39 Å². The molecule has 0 amide bonds. The molecule has 0 radical (unpaired) electrons. The standard InChI is InChI=1S/C25H21FN4S/c1-17-16-19(12-13-20(17)26)30-24(23(28-25(30)31)21-10-5-6-14-27-21)22-11-7-15-29(22)18-8-3-2-4-9-18/h2-16,23-24H,1H3,(H,28,31). The maximum atomic E-state index is 14.0. The van der Waals surface area contributed by atoms with Gasteiger partial charge in [0.1, 0.15) is 11.9 Å². The highest BCUT2D eigenvalue weighted by Crippen LogP contribution is 2.42. The van der Waals surface area contributed by atoms with Gasteiger partial charge in [-0.15, -0.1) is 0 Å². The summed E-state index contributed by atoms with van der Waals surface area (Å²) in [7, 11) is 0. The van der Waals surface area contributed by atoms with Gasteiger partial charge in [-0.1, -0.05) is 24.3 Å². The third-order valence-electron chi connectivity index (χ3n) is 5.64. The normalized spacial score (nSPS) is 18.3. The van der Waals surface area contributed by atoms with Crippen LogP contribution in [0.25, 0.3) is 5.69 Å². The highest BCUT2D eigenvalue weighted by Gasteiger charge is 2.42. The zero-order valence-corrected chi connectivity index (χ0v) is 17.8. The molecule has 4 aromatic rings. The summed E-state index contributed by atoms with van der Waals surface area (Å²) in [6.07, 6.45) is 3.84. The van der Waals surface area contributed by atoms with Gasteiger partial charge in [0.2, 0.25) is 0 Å². The molecule has 2 aromatic carbocycles. The number of halogens is 1. The van der Waals surface area contributed by atoms with Gasteiger partial charge in [-0.05, 0) is 79.3 Å². The van der Waals surface area contributed by atoms with E-state index in [1.807, 2.05) is 48.5 Å². The zero-order chi connectivity index (χ0) is 21.4. The number of aromatic nitrogens is 2. The van der Waals surface area contributed by atoms with Crippen LogP contribution in [0, 0.1) is 12.7 Å². The molecule has 4 nitrogen and oxygen atoms in total. The summed E-state index contributed by atoms with van der Waals surface area (Å²) < 4.78 is 16.2. The minimum atomic E-state index is -0.229. The quantitative estimate of drug-likeness (QED) is 0.435. The third-order valence-corrected chi connectivity index (χ3v) is 5.95. The van der Waals surface area contributed by atoms with Crippen LogP contribution in [0.15, 0.2) is 91.3 Å². The van der Waals surface area contributed by atoms with Crippen molar-refractivity contribution in [3.05, 3.63) is 114 Å². The van der Waals surface area contributed by atoms with Gasteiger partial charge in [0.05, 0.1) is 11.7 Å². The highest BCUT2D eigenvalue weighted by atomic mass is 32.1. The van der Waals surface area contributed by atoms with E-state index < -0.39 is 0 Å². The summed E-state index contributed by atoms with van der Waals surface area (Å²) in [5.41, 5.74) is 4.46. The lowest BCUT2D eigenvalue weighted by Gasteiger charge is -2.29. The van der Waals surface area contributed by atoms with Crippen LogP contribution in [0.4, 0.5) is 10.1 Å². The molecule has 0 bridgehead atoms. The van der Waals surface area contributed by atoms with Gasteiger partial charge in [0, 0.05) is 29.5 Å². The van der Waals surface area contributed by atoms with Crippen molar-refractivity contribution in [1.82, 2.24) is 14.9 Å². The van der Waals surface area contributed by atoms with Crippen molar-refractivity contribution in [2.45, 2.75) is 19.0 Å². The first kappa shape index (κ1) is 19.5. The van der Waals surface area contributed by atoms with E-state index in [-0.39, 0.29) is 17.9 Å². The number of hydrogen-bond acceptors (Lipinski definition) is 2. The van der Waals surface area contributed by atoms with Crippen molar-refractivity contribution in [1.29, 1.82) is 0 Å². The number of anilines is 1. The summed E-state index contributed by atoms with van der Waals surface area (Å²) in [5.74, 6) is -0.229. The Morgan fingerprint density at radius 1 is 0.935 bits per heavy atom. The number of para-hydroxylation sites is 1. The summed E-state index contributed by atoms with van der Waals surface area (Å²) in [4.78, 5) is 6.66. The predicted molar refractivity (Wildman–Crippen MR) is 125 cm³/mol. The first-order chi connectivity index (χ1) is 15.1. The molecule has 1 aliphatic rings.